The summed E-state index contributed by atoms with van der Waals surface area (Å²) in [7, 11) is -2.23. The van der Waals surface area contributed by atoms with Crippen LogP contribution in [0.5, 0.6) is 0 Å². The Balaban J connectivity index is 1.87. The molecule has 0 amide bonds. The van der Waals surface area contributed by atoms with E-state index in [1.807, 2.05) is 0 Å². The molecule has 1 aromatic carbocycles. The molecule has 2 aromatic rings. The average molecular weight is 416 g/mol. The zero-order valence-corrected chi connectivity index (χ0v) is 16.8. The molecule has 0 spiro atoms. The van der Waals surface area contributed by atoms with Gasteiger partial charge in [0, 0.05) is 36.6 Å². The number of sulfonamides is 1. The summed E-state index contributed by atoms with van der Waals surface area (Å²) in [5.74, 6) is -0.505. The molecule has 9 heteroatoms. The van der Waals surface area contributed by atoms with E-state index in [4.69, 9.17) is 23.2 Å². The first kappa shape index (κ1) is 19.4. The van der Waals surface area contributed by atoms with Gasteiger partial charge < -0.3 is 0 Å². The third kappa shape index (κ3) is 3.53. The van der Waals surface area contributed by atoms with Gasteiger partial charge in [0.25, 0.3) is 0 Å². The second kappa shape index (κ2) is 7.31. The lowest BCUT2D eigenvalue weighted by molar-refractivity contribution is 0.0872. The lowest BCUT2D eigenvalue weighted by Gasteiger charge is -2.31. The Kier molecular flexibility index (Phi) is 5.44. The van der Waals surface area contributed by atoms with Crippen LogP contribution in [0.25, 0.3) is 0 Å². The van der Waals surface area contributed by atoms with Gasteiger partial charge in [-0.05, 0) is 31.9 Å². The number of nitrogens with zero attached hydrogens (tertiary/aromatic N) is 3. The van der Waals surface area contributed by atoms with E-state index in [1.165, 1.54) is 8.99 Å². The van der Waals surface area contributed by atoms with Crippen molar-refractivity contribution in [3.8, 4) is 0 Å². The number of carbonyl (C=O) groups excluding carboxylic acids is 1. The van der Waals surface area contributed by atoms with E-state index in [-0.39, 0.29) is 22.4 Å². The summed E-state index contributed by atoms with van der Waals surface area (Å²) in [5, 5.41) is 4.64. The zero-order chi connectivity index (χ0) is 19.1. The zero-order valence-electron chi connectivity index (χ0n) is 14.4. The van der Waals surface area contributed by atoms with E-state index in [0.29, 0.717) is 35.7 Å². The number of hydrogen-bond donors (Lipinski definition) is 0. The van der Waals surface area contributed by atoms with E-state index < -0.39 is 15.9 Å². The van der Waals surface area contributed by atoms with Crippen molar-refractivity contribution < 1.29 is 13.2 Å². The number of Topliss-reactive ketones (excluding diaryl/α,β-unsaturated/α-hetero) is 1. The maximum atomic E-state index is 13.1. The van der Waals surface area contributed by atoms with Crippen LogP contribution in [0, 0.1) is 12.8 Å². The van der Waals surface area contributed by atoms with E-state index in [0.717, 1.165) is 0 Å². The highest BCUT2D eigenvalue weighted by molar-refractivity contribution is 7.89. The van der Waals surface area contributed by atoms with Gasteiger partial charge in [-0.2, -0.15) is 9.40 Å². The van der Waals surface area contributed by atoms with Crippen LogP contribution in [0.15, 0.2) is 29.2 Å². The van der Waals surface area contributed by atoms with Crippen molar-refractivity contribution in [3.05, 3.63) is 45.7 Å². The highest BCUT2D eigenvalue weighted by Crippen LogP contribution is 2.31. The molecule has 0 unspecified atom stereocenters. The molecule has 3 rings (SSSR count). The first-order valence-electron chi connectivity index (χ1n) is 8.21. The molecule has 0 bridgehead atoms. The monoisotopic (exact) mass is 415 g/mol. The van der Waals surface area contributed by atoms with E-state index in [2.05, 4.69) is 5.10 Å². The quantitative estimate of drug-likeness (QED) is 0.717. The predicted molar refractivity (Wildman–Crippen MR) is 100 cm³/mol. The molecule has 6 nitrogen and oxygen atoms in total. The minimum absolute atomic E-state index is 0.0116. The fraction of sp³-hybridized carbons (Fsp3) is 0.412. The molecular formula is C17H19Cl2N3O3S. The Bertz CT molecular complexity index is 956. The summed E-state index contributed by atoms with van der Waals surface area (Å²) < 4.78 is 28.8. The molecule has 0 saturated carbocycles. The Labute approximate surface area is 162 Å². The molecule has 1 aliphatic heterocycles. The van der Waals surface area contributed by atoms with Crippen molar-refractivity contribution in [1.82, 2.24) is 14.1 Å². The highest BCUT2D eigenvalue weighted by atomic mass is 35.5. The Morgan fingerprint density at radius 1 is 1.31 bits per heavy atom. The number of aromatic nitrogens is 2. The fourth-order valence-electron chi connectivity index (χ4n) is 3.28. The molecule has 140 valence electrons. The molecule has 2 heterocycles. The maximum Gasteiger partial charge on any atom is 0.248 e. The van der Waals surface area contributed by atoms with Gasteiger partial charge in [0.15, 0.2) is 5.78 Å². The smallest absolute Gasteiger partial charge is 0.248 e. The van der Waals surface area contributed by atoms with Gasteiger partial charge in [-0.25, -0.2) is 8.42 Å². The van der Waals surface area contributed by atoms with Gasteiger partial charge in [-0.15, -0.1) is 0 Å². The number of benzene rings is 1. The number of hydrogen-bond acceptors (Lipinski definition) is 4. The van der Waals surface area contributed by atoms with Crippen LogP contribution in [0.2, 0.25) is 10.2 Å². The normalized spacial score (nSPS) is 18.8. The largest absolute Gasteiger partial charge is 0.294 e. The topological polar surface area (TPSA) is 72.3 Å². The van der Waals surface area contributed by atoms with Crippen molar-refractivity contribution in [3.63, 3.8) is 0 Å². The van der Waals surface area contributed by atoms with E-state index in [1.54, 1.807) is 38.2 Å². The fourth-order valence-corrected chi connectivity index (χ4v) is 5.71. The standard InChI is InChI=1S/C17H19Cl2N3O3S/c1-11-16(17(19)21(2)20-11)26(24,25)22-8-4-6-13(10-22)15(23)12-5-3-7-14(18)9-12/h3,5,7,9,13H,4,6,8,10H2,1-2H3/t13-/m0/s1. The molecule has 1 saturated heterocycles. The third-order valence-electron chi connectivity index (χ3n) is 4.56. The van der Waals surface area contributed by atoms with Crippen LogP contribution in [-0.4, -0.2) is 41.4 Å². The summed E-state index contributed by atoms with van der Waals surface area (Å²) >= 11 is 12.1. The molecule has 1 aliphatic rings. The van der Waals surface area contributed by atoms with Gasteiger partial charge >= 0.3 is 0 Å². The minimum atomic E-state index is -3.82. The van der Waals surface area contributed by atoms with E-state index in [9.17, 15) is 13.2 Å². The van der Waals surface area contributed by atoms with Crippen LogP contribution < -0.4 is 0 Å². The van der Waals surface area contributed by atoms with Crippen LogP contribution in [0.1, 0.15) is 28.9 Å². The SMILES string of the molecule is Cc1nn(C)c(Cl)c1S(=O)(=O)N1CCC[C@H](C(=O)c2cccc(Cl)c2)C1. The molecule has 0 N–H and O–H groups in total. The molecule has 26 heavy (non-hydrogen) atoms. The average Bonchev–Trinajstić information content (AvgIpc) is 2.87. The molecule has 0 radical (unpaired) electrons. The lowest BCUT2D eigenvalue weighted by Crippen LogP contribution is -2.42. The second-order valence-electron chi connectivity index (χ2n) is 6.41. The van der Waals surface area contributed by atoms with Crippen molar-refractivity contribution >= 4 is 39.0 Å². The summed E-state index contributed by atoms with van der Waals surface area (Å²) in [5.41, 5.74) is 0.845. The first-order valence-corrected chi connectivity index (χ1v) is 10.4. The number of piperidine rings is 1. The van der Waals surface area contributed by atoms with Crippen molar-refractivity contribution in [2.24, 2.45) is 13.0 Å². The molecular weight excluding hydrogens is 397 g/mol. The molecule has 0 aliphatic carbocycles. The Morgan fingerprint density at radius 2 is 2.04 bits per heavy atom. The van der Waals surface area contributed by atoms with Crippen LogP contribution in [0.3, 0.4) is 0 Å². The summed E-state index contributed by atoms with van der Waals surface area (Å²) in [4.78, 5) is 12.8. The van der Waals surface area contributed by atoms with Gasteiger partial charge in [0.05, 0.1) is 5.69 Å². The number of ketones is 1. The number of halogens is 2. The van der Waals surface area contributed by atoms with Crippen LogP contribution in [0.4, 0.5) is 0 Å². The number of carbonyl (C=O) groups is 1. The van der Waals surface area contributed by atoms with Gasteiger partial charge in [-0.3, -0.25) is 9.48 Å². The second-order valence-corrected chi connectivity index (χ2v) is 9.07. The Morgan fingerprint density at radius 3 is 2.65 bits per heavy atom. The number of aryl methyl sites for hydroxylation is 2. The lowest BCUT2D eigenvalue weighted by atomic mass is 9.91. The van der Waals surface area contributed by atoms with Crippen LogP contribution >= 0.6 is 23.2 Å². The highest BCUT2D eigenvalue weighted by Gasteiger charge is 2.36. The van der Waals surface area contributed by atoms with Crippen LogP contribution in [-0.2, 0) is 17.1 Å². The number of rotatable bonds is 4. The van der Waals surface area contributed by atoms with Crippen molar-refractivity contribution in [2.45, 2.75) is 24.7 Å². The van der Waals surface area contributed by atoms with Gasteiger partial charge in [-0.1, -0.05) is 35.3 Å². The van der Waals surface area contributed by atoms with Crippen molar-refractivity contribution in [1.29, 1.82) is 0 Å². The van der Waals surface area contributed by atoms with Gasteiger partial charge in [0.2, 0.25) is 10.0 Å². The molecule has 1 atom stereocenters. The van der Waals surface area contributed by atoms with Crippen molar-refractivity contribution in [2.75, 3.05) is 13.1 Å². The molecule has 1 aromatic heterocycles. The maximum absolute atomic E-state index is 13.1. The summed E-state index contributed by atoms with van der Waals surface area (Å²) in [6, 6.07) is 6.72. The summed E-state index contributed by atoms with van der Waals surface area (Å²) in [6.45, 7) is 2.09. The first-order chi connectivity index (χ1) is 12.2. The molecule has 1 fully saturated rings. The predicted octanol–water partition coefficient (Wildman–Crippen LogP) is 3.32. The Hall–Kier alpha value is -1.41. The van der Waals surface area contributed by atoms with Gasteiger partial charge in [0.1, 0.15) is 10.0 Å². The summed E-state index contributed by atoms with van der Waals surface area (Å²) in [6.07, 6.45) is 1.24. The minimum Gasteiger partial charge on any atom is -0.294 e. The third-order valence-corrected chi connectivity index (χ3v) is 7.36. The van der Waals surface area contributed by atoms with E-state index >= 15 is 0 Å².